The Morgan fingerprint density at radius 1 is 1.38 bits per heavy atom. The summed E-state index contributed by atoms with van der Waals surface area (Å²) in [7, 11) is 0. The second-order valence-corrected chi connectivity index (χ2v) is 4.76. The Bertz CT molecular complexity index is 392. The molecule has 1 aromatic carbocycles. The lowest BCUT2D eigenvalue weighted by Gasteiger charge is -2.12. The molecule has 2 heteroatoms. The molecule has 16 heavy (non-hydrogen) atoms. The predicted octanol–water partition coefficient (Wildman–Crippen LogP) is 2.84. The molecule has 84 valence electrons. The van der Waals surface area contributed by atoms with Crippen molar-refractivity contribution in [1.29, 1.82) is 5.26 Å². The average molecular weight is 214 g/mol. The molecule has 0 saturated heterocycles. The van der Waals surface area contributed by atoms with Crippen molar-refractivity contribution in [2.24, 2.45) is 5.92 Å². The smallest absolute Gasteiger partial charge is 0.0995 e. The van der Waals surface area contributed by atoms with Gasteiger partial charge < -0.3 is 5.32 Å². The molecule has 2 rings (SSSR count). The zero-order valence-corrected chi connectivity index (χ0v) is 9.74. The molecule has 2 atom stereocenters. The third-order valence-electron chi connectivity index (χ3n) is 3.41. The fourth-order valence-corrected chi connectivity index (χ4v) is 2.43. The van der Waals surface area contributed by atoms with Gasteiger partial charge in [0.1, 0.15) is 0 Å². The highest BCUT2D eigenvalue weighted by Crippen LogP contribution is 2.24. The van der Waals surface area contributed by atoms with Gasteiger partial charge in [-0.15, -0.1) is 0 Å². The Balaban J connectivity index is 1.92. The minimum absolute atomic E-state index is 0.641. The summed E-state index contributed by atoms with van der Waals surface area (Å²) in [5.74, 6) is 0.851. The number of hydrogen-bond acceptors (Lipinski definition) is 2. The third kappa shape index (κ3) is 2.62. The number of benzene rings is 1. The summed E-state index contributed by atoms with van der Waals surface area (Å²) in [5.41, 5.74) is 1.91. The monoisotopic (exact) mass is 214 g/mol. The van der Waals surface area contributed by atoms with Crippen LogP contribution < -0.4 is 5.32 Å². The molecule has 1 aliphatic carbocycles. The van der Waals surface area contributed by atoms with Crippen LogP contribution in [0.15, 0.2) is 24.3 Å². The lowest BCUT2D eigenvalue weighted by atomic mass is 10.1. The molecule has 0 aromatic heterocycles. The first-order valence-electron chi connectivity index (χ1n) is 6.01. The van der Waals surface area contributed by atoms with Crippen LogP contribution in [0.1, 0.15) is 37.3 Å². The summed E-state index contributed by atoms with van der Waals surface area (Å²) in [6, 6.07) is 10.7. The fourth-order valence-electron chi connectivity index (χ4n) is 2.43. The molecule has 1 fully saturated rings. The van der Waals surface area contributed by atoms with Crippen molar-refractivity contribution < 1.29 is 0 Å². The van der Waals surface area contributed by atoms with Gasteiger partial charge >= 0.3 is 0 Å². The standard InChI is InChI=1S/C14H18N2/c1-11-6-7-14(8-11)16-10-13-5-3-2-4-12(13)9-15/h2-5,11,14,16H,6-8,10H2,1H3. The van der Waals surface area contributed by atoms with E-state index in [4.69, 9.17) is 5.26 Å². The Labute approximate surface area is 97.3 Å². The second-order valence-electron chi connectivity index (χ2n) is 4.76. The van der Waals surface area contributed by atoms with Gasteiger partial charge in [0.2, 0.25) is 0 Å². The van der Waals surface area contributed by atoms with E-state index in [2.05, 4.69) is 18.3 Å². The van der Waals surface area contributed by atoms with Crippen LogP contribution in [0.25, 0.3) is 0 Å². The number of nitrogens with zero attached hydrogens (tertiary/aromatic N) is 1. The molecule has 0 spiro atoms. The number of nitrogens with one attached hydrogen (secondary N) is 1. The lowest BCUT2D eigenvalue weighted by molar-refractivity contribution is 0.502. The van der Waals surface area contributed by atoms with Gasteiger partial charge in [-0.3, -0.25) is 0 Å². The first-order chi connectivity index (χ1) is 7.79. The highest BCUT2D eigenvalue weighted by molar-refractivity contribution is 5.37. The molecule has 0 aliphatic heterocycles. The molecule has 2 nitrogen and oxygen atoms in total. The first kappa shape index (κ1) is 11.2. The van der Waals surface area contributed by atoms with Crippen LogP contribution in [0.2, 0.25) is 0 Å². The van der Waals surface area contributed by atoms with Crippen LogP contribution in [-0.2, 0) is 6.54 Å². The Hall–Kier alpha value is -1.33. The van der Waals surface area contributed by atoms with Gasteiger partial charge in [0.15, 0.2) is 0 Å². The van der Waals surface area contributed by atoms with Crippen molar-refractivity contribution in [3.8, 4) is 6.07 Å². The minimum Gasteiger partial charge on any atom is -0.310 e. The van der Waals surface area contributed by atoms with Crippen LogP contribution in [0.4, 0.5) is 0 Å². The molecular weight excluding hydrogens is 196 g/mol. The van der Waals surface area contributed by atoms with Gasteiger partial charge in [-0.2, -0.15) is 5.26 Å². The van der Waals surface area contributed by atoms with E-state index in [1.54, 1.807) is 0 Å². The van der Waals surface area contributed by atoms with Crippen LogP contribution in [0.5, 0.6) is 0 Å². The predicted molar refractivity (Wildman–Crippen MR) is 64.8 cm³/mol. The molecule has 0 bridgehead atoms. The summed E-state index contributed by atoms with van der Waals surface area (Å²) in [6.45, 7) is 3.13. The van der Waals surface area contributed by atoms with Gasteiger partial charge in [-0.05, 0) is 36.8 Å². The molecule has 1 N–H and O–H groups in total. The van der Waals surface area contributed by atoms with Crippen LogP contribution in [0, 0.1) is 17.2 Å². The van der Waals surface area contributed by atoms with E-state index in [1.165, 1.54) is 19.3 Å². The number of rotatable bonds is 3. The van der Waals surface area contributed by atoms with Crippen molar-refractivity contribution in [1.82, 2.24) is 5.32 Å². The molecule has 2 unspecified atom stereocenters. The number of nitriles is 1. The van der Waals surface area contributed by atoms with Crippen LogP contribution in [-0.4, -0.2) is 6.04 Å². The maximum absolute atomic E-state index is 8.97. The summed E-state index contributed by atoms with van der Waals surface area (Å²) in [5, 5.41) is 12.5. The largest absolute Gasteiger partial charge is 0.310 e. The maximum atomic E-state index is 8.97. The quantitative estimate of drug-likeness (QED) is 0.839. The topological polar surface area (TPSA) is 35.8 Å². The Kier molecular flexibility index (Phi) is 3.58. The van der Waals surface area contributed by atoms with E-state index in [0.717, 1.165) is 23.6 Å². The first-order valence-corrected chi connectivity index (χ1v) is 6.01. The van der Waals surface area contributed by atoms with E-state index in [1.807, 2.05) is 24.3 Å². The molecule has 0 amide bonds. The van der Waals surface area contributed by atoms with E-state index >= 15 is 0 Å². The lowest BCUT2D eigenvalue weighted by Crippen LogP contribution is -2.26. The van der Waals surface area contributed by atoms with Gasteiger partial charge in [0.05, 0.1) is 11.6 Å². The second kappa shape index (κ2) is 5.14. The van der Waals surface area contributed by atoms with Crippen LogP contribution >= 0.6 is 0 Å². The van der Waals surface area contributed by atoms with Crippen molar-refractivity contribution in [2.45, 2.75) is 38.8 Å². The zero-order valence-electron chi connectivity index (χ0n) is 9.74. The number of hydrogen-bond donors (Lipinski definition) is 1. The molecule has 1 aliphatic rings. The van der Waals surface area contributed by atoms with Crippen molar-refractivity contribution in [3.05, 3.63) is 35.4 Å². The minimum atomic E-state index is 0.641. The zero-order chi connectivity index (χ0) is 11.4. The van der Waals surface area contributed by atoms with Crippen molar-refractivity contribution in [2.75, 3.05) is 0 Å². The summed E-state index contributed by atoms with van der Waals surface area (Å²) < 4.78 is 0. The highest BCUT2D eigenvalue weighted by Gasteiger charge is 2.20. The van der Waals surface area contributed by atoms with E-state index in [0.29, 0.717) is 6.04 Å². The Morgan fingerprint density at radius 2 is 2.19 bits per heavy atom. The van der Waals surface area contributed by atoms with Gasteiger partial charge in [-0.1, -0.05) is 25.1 Å². The highest BCUT2D eigenvalue weighted by atomic mass is 14.9. The molecule has 1 saturated carbocycles. The maximum Gasteiger partial charge on any atom is 0.0995 e. The van der Waals surface area contributed by atoms with E-state index in [-0.39, 0.29) is 0 Å². The molecule has 0 radical (unpaired) electrons. The van der Waals surface area contributed by atoms with E-state index < -0.39 is 0 Å². The van der Waals surface area contributed by atoms with Crippen molar-refractivity contribution >= 4 is 0 Å². The van der Waals surface area contributed by atoms with Crippen LogP contribution in [0.3, 0.4) is 0 Å². The van der Waals surface area contributed by atoms with Gasteiger partial charge in [-0.25, -0.2) is 0 Å². The third-order valence-corrected chi connectivity index (χ3v) is 3.41. The van der Waals surface area contributed by atoms with Gasteiger partial charge in [0.25, 0.3) is 0 Å². The molecule has 1 aromatic rings. The Morgan fingerprint density at radius 3 is 2.88 bits per heavy atom. The van der Waals surface area contributed by atoms with E-state index in [9.17, 15) is 0 Å². The fraction of sp³-hybridized carbons (Fsp3) is 0.500. The SMILES string of the molecule is CC1CCC(NCc2ccccc2C#N)C1. The van der Waals surface area contributed by atoms with Crippen molar-refractivity contribution in [3.63, 3.8) is 0 Å². The summed E-state index contributed by atoms with van der Waals surface area (Å²) in [6.07, 6.45) is 3.88. The summed E-state index contributed by atoms with van der Waals surface area (Å²) in [4.78, 5) is 0. The average Bonchev–Trinajstić information content (AvgIpc) is 2.73. The molecule has 0 heterocycles. The normalized spacial score (nSPS) is 24.2. The summed E-state index contributed by atoms with van der Waals surface area (Å²) >= 11 is 0. The van der Waals surface area contributed by atoms with Gasteiger partial charge in [0, 0.05) is 12.6 Å². The molecular formula is C14H18N2.